The number of ether oxygens (including phenoxy) is 1. The van der Waals surface area contributed by atoms with Crippen LogP contribution in [0.25, 0.3) is 22.6 Å². The van der Waals surface area contributed by atoms with Gasteiger partial charge in [0.1, 0.15) is 11.4 Å². The van der Waals surface area contributed by atoms with Gasteiger partial charge in [-0.15, -0.1) is 12.4 Å². The molecule has 0 spiro atoms. The van der Waals surface area contributed by atoms with Crippen LogP contribution in [0, 0.1) is 0 Å². The molecule has 19 heavy (non-hydrogen) atoms. The molecular formula is C13H11ClN4O. The van der Waals surface area contributed by atoms with Gasteiger partial charge in [0.15, 0.2) is 11.5 Å². The molecule has 0 aliphatic heterocycles. The Hall–Kier alpha value is -2.27. The van der Waals surface area contributed by atoms with E-state index in [0.717, 1.165) is 5.39 Å². The molecule has 3 rings (SSSR count). The molecule has 5 nitrogen and oxygen atoms in total. The summed E-state index contributed by atoms with van der Waals surface area (Å²) >= 11 is 0. The SMILES string of the molecule is COc1ccc(-c2ncc3cccnc3n2)nc1.Cl. The van der Waals surface area contributed by atoms with Crippen LogP contribution in [0.15, 0.2) is 42.9 Å². The number of aromatic nitrogens is 4. The molecule has 0 unspecified atom stereocenters. The Morgan fingerprint density at radius 2 is 1.89 bits per heavy atom. The molecule has 0 fully saturated rings. The first-order valence-electron chi connectivity index (χ1n) is 5.45. The quantitative estimate of drug-likeness (QED) is 0.719. The van der Waals surface area contributed by atoms with Gasteiger partial charge in [0.2, 0.25) is 0 Å². The highest BCUT2D eigenvalue weighted by atomic mass is 35.5. The molecule has 96 valence electrons. The van der Waals surface area contributed by atoms with Gasteiger partial charge in [0.05, 0.1) is 13.3 Å². The summed E-state index contributed by atoms with van der Waals surface area (Å²) in [7, 11) is 1.60. The van der Waals surface area contributed by atoms with Crippen molar-refractivity contribution in [1.82, 2.24) is 19.9 Å². The maximum Gasteiger partial charge on any atom is 0.180 e. The molecule has 6 heteroatoms. The molecule has 0 saturated carbocycles. The van der Waals surface area contributed by atoms with Crippen molar-refractivity contribution in [3.05, 3.63) is 42.9 Å². The summed E-state index contributed by atoms with van der Waals surface area (Å²) in [6.45, 7) is 0. The molecule has 3 aromatic rings. The van der Waals surface area contributed by atoms with Gasteiger partial charge in [-0.05, 0) is 24.3 Å². The third kappa shape index (κ3) is 2.61. The summed E-state index contributed by atoms with van der Waals surface area (Å²) in [4.78, 5) is 17.1. The summed E-state index contributed by atoms with van der Waals surface area (Å²) in [5, 5.41) is 0.912. The summed E-state index contributed by atoms with van der Waals surface area (Å²) < 4.78 is 5.06. The average molecular weight is 275 g/mol. The summed E-state index contributed by atoms with van der Waals surface area (Å²) in [6.07, 6.45) is 5.10. The number of rotatable bonds is 2. The van der Waals surface area contributed by atoms with Crippen molar-refractivity contribution in [1.29, 1.82) is 0 Å². The summed E-state index contributed by atoms with van der Waals surface area (Å²) in [6, 6.07) is 7.43. The third-order valence-electron chi connectivity index (χ3n) is 2.56. The monoisotopic (exact) mass is 274 g/mol. The largest absolute Gasteiger partial charge is 0.495 e. The maximum absolute atomic E-state index is 5.06. The fraction of sp³-hybridized carbons (Fsp3) is 0.0769. The van der Waals surface area contributed by atoms with Crippen molar-refractivity contribution < 1.29 is 4.74 Å². The molecule has 0 aliphatic carbocycles. The summed E-state index contributed by atoms with van der Waals surface area (Å²) in [5.74, 6) is 1.27. The van der Waals surface area contributed by atoms with Crippen molar-refractivity contribution in [2.45, 2.75) is 0 Å². The fourth-order valence-electron chi connectivity index (χ4n) is 1.62. The van der Waals surface area contributed by atoms with E-state index < -0.39 is 0 Å². The second-order valence-electron chi connectivity index (χ2n) is 3.69. The molecule has 0 atom stereocenters. The van der Waals surface area contributed by atoms with Crippen LogP contribution in [0.1, 0.15) is 0 Å². The highest BCUT2D eigenvalue weighted by Gasteiger charge is 2.05. The highest BCUT2D eigenvalue weighted by Crippen LogP contribution is 2.17. The zero-order chi connectivity index (χ0) is 12.4. The predicted molar refractivity (Wildman–Crippen MR) is 74.4 cm³/mol. The molecule has 0 aliphatic rings. The van der Waals surface area contributed by atoms with Crippen molar-refractivity contribution in [3.63, 3.8) is 0 Å². The Balaban J connectivity index is 0.00000133. The Labute approximate surface area is 116 Å². The van der Waals surface area contributed by atoms with E-state index >= 15 is 0 Å². The van der Waals surface area contributed by atoms with Crippen LogP contribution in [0.5, 0.6) is 5.75 Å². The van der Waals surface area contributed by atoms with Gasteiger partial charge < -0.3 is 4.74 Å². The van der Waals surface area contributed by atoms with Gasteiger partial charge in [-0.25, -0.2) is 19.9 Å². The molecule has 0 aromatic carbocycles. The zero-order valence-corrected chi connectivity index (χ0v) is 11.0. The lowest BCUT2D eigenvalue weighted by Gasteiger charge is -2.02. The molecule has 0 N–H and O–H groups in total. The van der Waals surface area contributed by atoms with Gasteiger partial charge >= 0.3 is 0 Å². The van der Waals surface area contributed by atoms with E-state index in [1.54, 1.807) is 25.7 Å². The smallest absolute Gasteiger partial charge is 0.180 e. The van der Waals surface area contributed by atoms with Gasteiger partial charge in [0.25, 0.3) is 0 Å². The van der Waals surface area contributed by atoms with Crippen molar-refractivity contribution in [3.8, 4) is 17.3 Å². The first-order valence-corrected chi connectivity index (χ1v) is 5.45. The number of methoxy groups -OCH3 is 1. The number of halogens is 1. The Bertz CT molecular complexity index is 688. The lowest BCUT2D eigenvalue weighted by molar-refractivity contribution is 0.413. The minimum absolute atomic E-state index is 0. The summed E-state index contributed by atoms with van der Waals surface area (Å²) in [5.41, 5.74) is 1.36. The molecule has 0 bridgehead atoms. The molecular weight excluding hydrogens is 264 g/mol. The van der Waals surface area contributed by atoms with Crippen LogP contribution < -0.4 is 4.74 Å². The Morgan fingerprint density at radius 3 is 2.63 bits per heavy atom. The predicted octanol–water partition coefficient (Wildman–Crippen LogP) is 2.52. The van der Waals surface area contributed by atoms with Crippen LogP contribution in [-0.2, 0) is 0 Å². The topological polar surface area (TPSA) is 60.8 Å². The standard InChI is InChI=1S/C13H10N4O.ClH/c1-18-10-4-5-11(15-8-10)13-16-7-9-3-2-6-14-12(9)17-13;/h2-8H,1H3;1H. The lowest BCUT2D eigenvalue weighted by atomic mass is 10.3. The average Bonchev–Trinajstić information content (AvgIpc) is 2.47. The maximum atomic E-state index is 5.06. The Morgan fingerprint density at radius 1 is 1.00 bits per heavy atom. The van der Waals surface area contributed by atoms with Gasteiger partial charge in [0, 0.05) is 17.8 Å². The molecule has 3 heterocycles. The van der Waals surface area contributed by atoms with E-state index in [-0.39, 0.29) is 12.4 Å². The lowest BCUT2D eigenvalue weighted by Crippen LogP contribution is -1.94. The molecule has 0 saturated heterocycles. The number of hydrogen-bond acceptors (Lipinski definition) is 5. The van der Waals surface area contributed by atoms with Crippen LogP contribution in [0.4, 0.5) is 0 Å². The zero-order valence-electron chi connectivity index (χ0n) is 10.1. The minimum atomic E-state index is 0. The van der Waals surface area contributed by atoms with Crippen molar-refractivity contribution in [2.75, 3.05) is 7.11 Å². The second-order valence-corrected chi connectivity index (χ2v) is 3.69. The van der Waals surface area contributed by atoms with E-state index in [1.807, 2.05) is 24.3 Å². The van der Waals surface area contributed by atoms with Gasteiger partial charge in [-0.2, -0.15) is 0 Å². The van der Waals surface area contributed by atoms with Crippen molar-refractivity contribution >= 4 is 23.4 Å². The van der Waals surface area contributed by atoms with E-state index in [4.69, 9.17) is 4.74 Å². The van der Waals surface area contributed by atoms with E-state index in [1.165, 1.54) is 0 Å². The number of pyridine rings is 2. The van der Waals surface area contributed by atoms with Crippen LogP contribution in [0.2, 0.25) is 0 Å². The molecule has 0 radical (unpaired) electrons. The highest BCUT2D eigenvalue weighted by molar-refractivity contribution is 5.85. The van der Waals surface area contributed by atoms with Crippen LogP contribution >= 0.6 is 12.4 Å². The first kappa shape index (κ1) is 13.2. The van der Waals surface area contributed by atoms with Crippen LogP contribution in [-0.4, -0.2) is 27.0 Å². The fourth-order valence-corrected chi connectivity index (χ4v) is 1.62. The van der Waals surface area contributed by atoms with Gasteiger partial charge in [-0.3, -0.25) is 0 Å². The van der Waals surface area contributed by atoms with Crippen LogP contribution in [0.3, 0.4) is 0 Å². The van der Waals surface area contributed by atoms with E-state index in [0.29, 0.717) is 22.9 Å². The first-order chi connectivity index (χ1) is 8.86. The normalized spacial score (nSPS) is 9.95. The second kappa shape index (κ2) is 5.58. The number of hydrogen-bond donors (Lipinski definition) is 0. The van der Waals surface area contributed by atoms with E-state index in [9.17, 15) is 0 Å². The minimum Gasteiger partial charge on any atom is -0.495 e. The number of nitrogens with zero attached hydrogens (tertiary/aromatic N) is 4. The van der Waals surface area contributed by atoms with E-state index in [2.05, 4.69) is 19.9 Å². The molecule has 3 aromatic heterocycles. The molecule has 0 amide bonds. The Kier molecular flexibility index (Phi) is 3.87. The van der Waals surface area contributed by atoms with Gasteiger partial charge in [-0.1, -0.05) is 0 Å². The number of fused-ring (bicyclic) bond motifs is 1. The van der Waals surface area contributed by atoms with Crippen molar-refractivity contribution in [2.24, 2.45) is 0 Å². The third-order valence-corrected chi connectivity index (χ3v) is 2.56.